The Morgan fingerprint density at radius 3 is 2.16 bits per heavy atom. The predicted molar refractivity (Wildman–Crippen MR) is 137 cm³/mol. The monoisotopic (exact) mass is 541 g/mol. The quantitative estimate of drug-likeness (QED) is 0.347. The summed E-state index contributed by atoms with van der Waals surface area (Å²) >= 11 is 0. The third-order valence-corrected chi connectivity index (χ3v) is 6.78. The fourth-order valence-electron chi connectivity index (χ4n) is 3.41. The van der Waals surface area contributed by atoms with E-state index in [1.165, 1.54) is 45.6 Å². The first-order valence-electron chi connectivity index (χ1n) is 11.3. The van der Waals surface area contributed by atoms with Crippen LogP contribution in [-0.4, -0.2) is 59.1 Å². The number of amides is 2. The van der Waals surface area contributed by atoms with Gasteiger partial charge in [-0.2, -0.15) is 0 Å². The van der Waals surface area contributed by atoms with Gasteiger partial charge in [-0.3, -0.25) is 9.59 Å². The van der Waals surface area contributed by atoms with Crippen LogP contribution in [0.3, 0.4) is 0 Å². The largest absolute Gasteiger partial charge is 0.493 e. The van der Waals surface area contributed by atoms with E-state index in [-0.39, 0.29) is 28.5 Å². The molecule has 3 aromatic rings. The van der Waals surface area contributed by atoms with E-state index >= 15 is 0 Å². The van der Waals surface area contributed by atoms with Crippen molar-refractivity contribution in [3.8, 4) is 11.5 Å². The number of methoxy groups -OCH3 is 3. The molecule has 0 unspecified atom stereocenters. The summed E-state index contributed by atoms with van der Waals surface area (Å²) in [5, 5.41) is 2.83. The van der Waals surface area contributed by atoms with Crippen molar-refractivity contribution in [1.29, 1.82) is 0 Å². The number of ether oxygens (including phenoxy) is 3. The van der Waals surface area contributed by atoms with Gasteiger partial charge in [0.15, 0.2) is 11.5 Å². The highest BCUT2D eigenvalue weighted by Crippen LogP contribution is 2.27. The number of nitrogens with zero attached hydrogens (tertiary/aromatic N) is 1. The van der Waals surface area contributed by atoms with Gasteiger partial charge in [0.1, 0.15) is 5.69 Å². The fraction of sp³-hybridized carbons (Fsp3) is 0.231. The van der Waals surface area contributed by atoms with Gasteiger partial charge in [0.2, 0.25) is 5.91 Å². The smallest absolute Gasteiger partial charge is 0.356 e. The zero-order chi connectivity index (χ0) is 27.7. The van der Waals surface area contributed by atoms with Crippen LogP contribution in [-0.2, 0) is 32.4 Å². The minimum Gasteiger partial charge on any atom is -0.493 e. The lowest BCUT2D eigenvalue weighted by Crippen LogP contribution is -2.30. The van der Waals surface area contributed by atoms with Crippen LogP contribution in [0.4, 0.5) is 0 Å². The number of carbonyl (C=O) groups is 3. The summed E-state index contributed by atoms with van der Waals surface area (Å²) in [6.45, 7) is 0.351. The number of nitrogens with one attached hydrogen (secondary N) is 2. The Bertz CT molecular complexity index is 1410. The van der Waals surface area contributed by atoms with Gasteiger partial charge in [-0.05, 0) is 53.9 Å². The minimum atomic E-state index is -4.14. The minimum absolute atomic E-state index is 0.0142. The molecule has 12 heteroatoms. The molecule has 11 nitrogen and oxygen atoms in total. The maximum atomic E-state index is 12.6. The Hall–Kier alpha value is -4.45. The maximum absolute atomic E-state index is 12.6. The van der Waals surface area contributed by atoms with Crippen LogP contribution < -0.4 is 19.5 Å². The van der Waals surface area contributed by atoms with Crippen LogP contribution in [0.15, 0.2) is 65.7 Å². The van der Waals surface area contributed by atoms with E-state index in [0.717, 1.165) is 17.3 Å². The van der Waals surface area contributed by atoms with Crippen molar-refractivity contribution >= 4 is 27.8 Å². The predicted octanol–water partition coefficient (Wildman–Crippen LogP) is 1.91. The van der Waals surface area contributed by atoms with Gasteiger partial charge in [0.25, 0.3) is 15.9 Å². The molecule has 200 valence electrons. The van der Waals surface area contributed by atoms with Crippen LogP contribution in [0.2, 0.25) is 0 Å². The number of aromatic nitrogens is 1. The molecule has 0 atom stereocenters. The van der Waals surface area contributed by atoms with Crippen LogP contribution in [0.25, 0.3) is 0 Å². The molecule has 0 spiro atoms. The van der Waals surface area contributed by atoms with Gasteiger partial charge in [-0.1, -0.05) is 18.2 Å². The average Bonchev–Trinajstić information content (AvgIpc) is 2.92. The lowest BCUT2D eigenvalue weighted by molar-refractivity contribution is -0.120. The highest BCUT2D eigenvalue weighted by molar-refractivity contribution is 7.90. The highest BCUT2D eigenvalue weighted by atomic mass is 32.2. The second-order valence-corrected chi connectivity index (χ2v) is 9.65. The van der Waals surface area contributed by atoms with Gasteiger partial charge in [0.05, 0.1) is 38.2 Å². The average molecular weight is 542 g/mol. The summed E-state index contributed by atoms with van der Waals surface area (Å²) in [5.41, 5.74) is 1.51. The molecular weight excluding hydrogens is 514 g/mol. The van der Waals surface area contributed by atoms with E-state index in [4.69, 9.17) is 9.47 Å². The van der Waals surface area contributed by atoms with Crippen molar-refractivity contribution in [2.75, 3.05) is 27.9 Å². The van der Waals surface area contributed by atoms with Crippen LogP contribution in [0.5, 0.6) is 11.5 Å². The zero-order valence-electron chi connectivity index (χ0n) is 21.0. The number of sulfonamides is 1. The topological polar surface area (TPSA) is 150 Å². The molecule has 0 saturated carbocycles. The number of rotatable bonds is 11. The second kappa shape index (κ2) is 12.7. The molecule has 0 aliphatic carbocycles. The fourth-order valence-corrected chi connectivity index (χ4v) is 4.39. The summed E-state index contributed by atoms with van der Waals surface area (Å²) in [6, 6.07) is 13.7. The number of carbonyl (C=O) groups excluding carboxylic acids is 3. The summed E-state index contributed by atoms with van der Waals surface area (Å²) in [6.07, 6.45) is 1.72. The van der Waals surface area contributed by atoms with Crippen molar-refractivity contribution in [1.82, 2.24) is 15.0 Å². The number of pyridine rings is 1. The van der Waals surface area contributed by atoms with Gasteiger partial charge >= 0.3 is 5.97 Å². The van der Waals surface area contributed by atoms with E-state index in [0.29, 0.717) is 24.5 Å². The molecule has 0 aliphatic rings. The second-order valence-electron chi connectivity index (χ2n) is 7.97. The molecule has 38 heavy (non-hydrogen) atoms. The Balaban J connectivity index is 1.52. The maximum Gasteiger partial charge on any atom is 0.356 e. The van der Waals surface area contributed by atoms with Crippen molar-refractivity contribution in [2.45, 2.75) is 17.7 Å². The molecule has 0 saturated heterocycles. The van der Waals surface area contributed by atoms with Crippen molar-refractivity contribution in [3.63, 3.8) is 0 Å². The Labute approximate surface area is 220 Å². The highest BCUT2D eigenvalue weighted by Gasteiger charge is 2.19. The summed E-state index contributed by atoms with van der Waals surface area (Å²) in [7, 11) is 0.112. The first-order valence-corrected chi connectivity index (χ1v) is 12.8. The van der Waals surface area contributed by atoms with E-state index in [1.807, 2.05) is 4.72 Å². The van der Waals surface area contributed by atoms with E-state index in [9.17, 15) is 22.8 Å². The molecule has 1 aromatic heterocycles. The van der Waals surface area contributed by atoms with Crippen molar-refractivity contribution < 1.29 is 37.0 Å². The molecule has 0 radical (unpaired) electrons. The first-order chi connectivity index (χ1) is 18.2. The molecule has 0 fully saturated rings. The van der Waals surface area contributed by atoms with Gasteiger partial charge < -0.3 is 19.5 Å². The molecule has 0 aliphatic heterocycles. The first kappa shape index (κ1) is 28.1. The molecule has 2 aromatic carbocycles. The number of benzene rings is 2. The molecule has 3 rings (SSSR count). The molecule has 1 heterocycles. The zero-order valence-corrected chi connectivity index (χ0v) is 21.8. The van der Waals surface area contributed by atoms with Gasteiger partial charge in [0, 0.05) is 12.7 Å². The van der Waals surface area contributed by atoms with E-state index in [2.05, 4.69) is 15.0 Å². The Morgan fingerprint density at radius 1 is 0.868 bits per heavy atom. The molecule has 2 N–H and O–H groups in total. The Morgan fingerprint density at radius 2 is 1.55 bits per heavy atom. The lowest BCUT2D eigenvalue weighted by atomic mass is 10.1. The standard InChI is InChI=1S/C26H27N3O8S/c1-35-22-11-6-18(14-23(22)36-2)15-24(30)27-13-12-17-4-8-20(9-5-17)38(33,34)29-25(31)19-7-10-21(28-16-19)26(32)37-3/h4-11,14,16H,12-13,15H2,1-3H3,(H,27,30)(H,29,31). The number of esters is 1. The van der Waals surface area contributed by atoms with Crippen LogP contribution in [0, 0.1) is 0 Å². The normalized spacial score (nSPS) is 10.8. The van der Waals surface area contributed by atoms with Crippen molar-refractivity contribution in [2.24, 2.45) is 0 Å². The third-order valence-electron chi connectivity index (χ3n) is 5.43. The van der Waals surface area contributed by atoms with E-state index in [1.54, 1.807) is 30.3 Å². The van der Waals surface area contributed by atoms with Crippen molar-refractivity contribution in [3.05, 3.63) is 83.2 Å². The summed E-state index contributed by atoms with van der Waals surface area (Å²) < 4.78 is 42.2. The van der Waals surface area contributed by atoms with E-state index < -0.39 is 21.9 Å². The van der Waals surface area contributed by atoms with Crippen LogP contribution in [0.1, 0.15) is 32.0 Å². The summed E-state index contributed by atoms with van der Waals surface area (Å²) in [4.78, 5) is 39.8. The van der Waals surface area contributed by atoms with Gasteiger partial charge in [-0.15, -0.1) is 0 Å². The van der Waals surface area contributed by atoms with Gasteiger partial charge in [-0.25, -0.2) is 22.9 Å². The number of hydrogen-bond acceptors (Lipinski definition) is 9. The molecular formula is C26H27N3O8S. The number of hydrogen-bond donors (Lipinski definition) is 2. The molecule has 0 bridgehead atoms. The Kier molecular flexibility index (Phi) is 9.39. The lowest BCUT2D eigenvalue weighted by Gasteiger charge is -2.10. The molecule has 2 amide bonds. The SMILES string of the molecule is COC(=O)c1ccc(C(=O)NS(=O)(=O)c2ccc(CCNC(=O)Cc3ccc(OC)c(OC)c3)cc2)cn1. The van der Waals surface area contributed by atoms with Crippen LogP contribution >= 0.6 is 0 Å². The third kappa shape index (κ3) is 7.29. The summed E-state index contributed by atoms with van der Waals surface area (Å²) in [5.74, 6) is -0.629.